The van der Waals surface area contributed by atoms with Crippen molar-refractivity contribution in [2.45, 2.75) is 12.8 Å². The fraction of sp³-hybridized carbons (Fsp3) is 0.143. The Balaban J connectivity index is 2.48. The highest BCUT2D eigenvalue weighted by Gasteiger charge is 2.31. The zero-order chi connectivity index (χ0) is 15.6. The number of benzene rings is 2. The largest absolute Gasteiger partial charge is 0.573 e. The van der Waals surface area contributed by atoms with E-state index in [-0.39, 0.29) is 16.1 Å². The molecule has 0 saturated carbocycles. The number of halogens is 6. The van der Waals surface area contributed by atoms with Crippen LogP contribution in [0.3, 0.4) is 0 Å². The van der Waals surface area contributed by atoms with Crippen molar-refractivity contribution in [2.24, 2.45) is 0 Å². The van der Waals surface area contributed by atoms with Gasteiger partial charge in [0.15, 0.2) is 0 Å². The van der Waals surface area contributed by atoms with Crippen LogP contribution in [0.4, 0.5) is 22.0 Å². The van der Waals surface area contributed by atoms with Gasteiger partial charge in [-0.2, -0.15) is 0 Å². The molecule has 0 amide bonds. The lowest BCUT2D eigenvalue weighted by atomic mass is 9.99. The summed E-state index contributed by atoms with van der Waals surface area (Å²) in [7, 11) is 0. The monoisotopic (exact) mass is 322 g/mol. The van der Waals surface area contributed by atoms with Crippen LogP contribution in [0.15, 0.2) is 42.5 Å². The van der Waals surface area contributed by atoms with Gasteiger partial charge in [-0.25, -0.2) is 8.78 Å². The molecule has 0 bridgehead atoms. The molecule has 0 aromatic heterocycles. The lowest BCUT2D eigenvalue weighted by Gasteiger charge is -2.13. The molecule has 0 unspecified atom stereocenters. The second-order valence-electron chi connectivity index (χ2n) is 4.08. The van der Waals surface area contributed by atoms with Gasteiger partial charge in [-0.1, -0.05) is 35.9 Å². The van der Waals surface area contributed by atoms with Crippen molar-refractivity contribution in [1.29, 1.82) is 0 Å². The molecule has 7 heteroatoms. The zero-order valence-corrected chi connectivity index (χ0v) is 11.1. The van der Waals surface area contributed by atoms with Gasteiger partial charge in [0.2, 0.25) is 0 Å². The molecule has 0 radical (unpaired) electrons. The van der Waals surface area contributed by atoms with Gasteiger partial charge in [0.25, 0.3) is 6.43 Å². The molecular formula is C14H8ClF5O. The topological polar surface area (TPSA) is 9.23 Å². The van der Waals surface area contributed by atoms with E-state index in [1.807, 2.05) is 0 Å². The zero-order valence-electron chi connectivity index (χ0n) is 10.3. The van der Waals surface area contributed by atoms with E-state index in [9.17, 15) is 22.0 Å². The highest BCUT2D eigenvalue weighted by molar-refractivity contribution is 6.31. The number of rotatable bonds is 3. The van der Waals surface area contributed by atoms with Gasteiger partial charge in [-0.15, -0.1) is 13.2 Å². The Morgan fingerprint density at radius 3 is 2.29 bits per heavy atom. The van der Waals surface area contributed by atoms with Crippen molar-refractivity contribution in [2.75, 3.05) is 0 Å². The first-order valence-electron chi connectivity index (χ1n) is 5.70. The van der Waals surface area contributed by atoms with Crippen LogP contribution in [0.5, 0.6) is 5.75 Å². The lowest BCUT2D eigenvalue weighted by molar-refractivity contribution is -0.274. The van der Waals surface area contributed by atoms with Crippen molar-refractivity contribution in [1.82, 2.24) is 0 Å². The molecule has 2 aromatic carbocycles. The molecule has 2 rings (SSSR count). The average molecular weight is 323 g/mol. The van der Waals surface area contributed by atoms with E-state index in [1.165, 1.54) is 30.3 Å². The first kappa shape index (κ1) is 15.6. The van der Waals surface area contributed by atoms with Gasteiger partial charge in [-0.05, 0) is 29.3 Å². The Hall–Kier alpha value is -1.82. The third-order valence-corrected chi connectivity index (χ3v) is 2.98. The normalized spacial score (nSPS) is 11.8. The fourth-order valence-corrected chi connectivity index (χ4v) is 2.13. The summed E-state index contributed by atoms with van der Waals surface area (Å²) in [5.74, 6) is -0.486. The molecule has 2 aromatic rings. The van der Waals surface area contributed by atoms with E-state index in [2.05, 4.69) is 4.74 Å². The van der Waals surface area contributed by atoms with Crippen molar-refractivity contribution in [3.8, 4) is 16.9 Å². The van der Waals surface area contributed by atoms with Crippen LogP contribution < -0.4 is 4.74 Å². The van der Waals surface area contributed by atoms with E-state index in [0.717, 1.165) is 12.1 Å². The Labute approximate surface area is 121 Å². The van der Waals surface area contributed by atoms with Gasteiger partial charge in [0.1, 0.15) is 5.75 Å². The quantitative estimate of drug-likeness (QED) is 0.645. The Morgan fingerprint density at radius 1 is 1.00 bits per heavy atom. The number of ether oxygens (including phenoxy) is 1. The summed E-state index contributed by atoms with van der Waals surface area (Å²) in [4.78, 5) is 0. The third-order valence-electron chi connectivity index (χ3n) is 2.65. The van der Waals surface area contributed by atoms with Crippen LogP contribution >= 0.6 is 11.6 Å². The fourth-order valence-electron chi connectivity index (χ4n) is 1.87. The van der Waals surface area contributed by atoms with E-state index in [0.29, 0.717) is 0 Å². The van der Waals surface area contributed by atoms with E-state index >= 15 is 0 Å². The predicted octanol–water partition coefficient (Wildman–Crippen LogP) is 5.84. The van der Waals surface area contributed by atoms with Crippen molar-refractivity contribution in [3.05, 3.63) is 53.1 Å². The Bertz CT molecular complexity index is 640. The average Bonchev–Trinajstić information content (AvgIpc) is 2.36. The van der Waals surface area contributed by atoms with Gasteiger partial charge in [0.05, 0.1) is 5.02 Å². The maximum absolute atomic E-state index is 13.1. The molecule has 112 valence electrons. The molecule has 0 N–H and O–H groups in total. The van der Waals surface area contributed by atoms with Crippen molar-refractivity contribution >= 4 is 11.6 Å². The molecule has 0 atom stereocenters. The molecule has 0 aliphatic heterocycles. The number of alkyl halides is 5. The molecular weight excluding hydrogens is 315 g/mol. The second-order valence-corrected chi connectivity index (χ2v) is 4.48. The minimum absolute atomic E-state index is 0.0603. The van der Waals surface area contributed by atoms with Crippen LogP contribution in [0.1, 0.15) is 12.0 Å². The van der Waals surface area contributed by atoms with E-state index < -0.39 is 24.1 Å². The first-order valence-corrected chi connectivity index (χ1v) is 6.08. The summed E-state index contributed by atoms with van der Waals surface area (Å²) in [6.45, 7) is 0. The van der Waals surface area contributed by atoms with Crippen LogP contribution in [-0.4, -0.2) is 6.36 Å². The molecule has 0 spiro atoms. The minimum Gasteiger partial charge on any atom is -0.406 e. The van der Waals surface area contributed by atoms with E-state index in [4.69, 9.17) is 11.6 Å². The number of hydrogen-bond donors (Lipinski definition) is 0. The molecule has 0 saturated heterocycles. The molecule has 21 heavy (non-hydrogen) atoms. The van der Waals surface area contributed by atoms with Crippen LogP contribution in [0.25, 0.3) is 11.1 Å². The molecule has 0 aliphatic rings. The van der Waals surface area contributed by atoms with Crippen LogP contribution in [0.2, 0.25) is 5.02 Å². The summed E-state index contributed by atoms with van der Waals surface area (Å²) in [6, 6.07) is 8.91. The summed E-state index contributed by atoms with van der Waals surface area (Å²) in [5.41, 5.74) is -0.206. The van der Waals surface area contributed by atoms with Gasteiger partial charge in [0, 0.05) is 5.56 Å². The SMILES string of the molecule is FC(F)c1c(Cl)cccc1-c1cccc(OC(F)(F)F)c1. The summed E-state index contributed by atoms with van der Waals surface area (Å²) in [5, 5.41) is -0.148. The van der Waals surface area contributed by atoms with Crippen LogP contribution in [0, 0.1) is 0 Å². The second kappa shape index (κ2) is 5.89. The highest BCUT2D eigenvalue weighted by atomic mass is 35.5. The summed E-state index contributed by atoms with van der Waals surface area (Å²) in [6.07, 6.45) is -7.70. The maximum atomic E-state index is 13.1. The Kier molecular flexibility index (Phi) is 4.37. The van der Waals surface area contributed by atoms with Crippen LogP contribution in [-0.2, 0) is 0 Å². The van der Waals surface area contributed by atoms with E-state index in [1.54, 1.807) is 0 Å². The molecule has 0 fully saturated rings. The predicted molar refractivity (Wildman–Crippen MR) is 68.5 cm³/mol. The van der Waals surface area contributed by atoms with Gasteiger partial charge in [-0.3, -0.25) is 0 Å². The molecule has 0 aliphatic carbocycles. The summed E-state index contributed by atoms with van der Waals surface area (Å²) < 4.78 is 66.4. The Morgan fingerprint density at radius 2 is 1.67 bits per heavy atom. The standard InChI is InChI=1S/C14H8ClF5O/c15-11-6-2-5-10(12(11)13(16)17)8-3-1-4-9(7-8)21-14(18,19)20/h1-7,13H. The van der Waals surface area contributed by atoms with Crippen molar-refractivity contribution in [3.63, 3.8) is 0 Å². The minimum atomic E-state index is -4.85. The van der Waals surface area contributed by atoms with Crippen molar-refractivity contribution < 1.29 is 26.7 Å². The van der Waals surface area contributed by atoms with Gasteiger partial charge < -0.3 is 4.74 Å². The smallest absolute Gasteiger partial charge is 0.406 e. The first-order chi connectivity index (χ1) is 9.78. The molecule has 1 nitrogen and oxygen atoms in total. The number of hydrogen-bond acceptors (Lipinski definition) is 1. The van der Waals surface area contributed by atoms with Gasteiger partial charge >= 0.3 is 6.36 Å². The highest BCUT2D eigenvalue weighted by Crippen LogP contribution is 2.37. The third kappa shape index (κ3) is 3.85. The molecule has 0 heterocycles. The summed E-state index contributed by atoms with van der Waals surface area (Å²) >= 11 is 5.73. The lowest BCUT2D eigenvalue weighted by Crippen LogP contribution is -2.17. The maximum Gasteiger partial charge on any atom is 0.573 e.